The predicted molar refractivity (Wildman–Crippen MR) is 124 cm³/mol. The Morgan fingerprint density at radius 1 is 1.09 bits per heavy atom. The van der Waals surface area contributed by atoms with Gasteiger partial charge in [0, 0.05) is 11.3 Å². The van der Waals surface area contributed by atoms with Crippen LogP contribution >= 0.6 is 0 Å². The van der Waals surface area contributed by atoms with Crippen molar-refractivity contribution in [3.05, 3.63) is 89.2 Å². The second-order valence-corrected chi connectivity index (χ2v) is 9.67. The number of rotatable bonds is 6. The van der Waals surface area contributed by atoms with Crippen molar-refractivity contribution in [2.45, 2.75) is 37.8 Å². The molecule has 1 atom stereocenters. The molecule has 8 heteroatoms. The minimum atomic E-state index is -3.99. The van der Waals surface area contributed by atoms with Crippen LogP contribution in [0.15, 0.2) is 71.6 Å². The van der Waals surface area contributed by atoms with E-state index in [0.29, 0.717) is 22.6 Å². The number of benzene rings is 3. The molecule has 1 aliphatic heterocycles. The Labute approximate surface area is 193 Å². The van der Waals surface area contributed by atoms with Crippen molar-refractivity contribution >= 4 is 21.6 Å². The number of amides is 1. The summed E-state index contributed by atoms with van der Waals surface area (Å²) < 4.78 is 47.7. The molecule has 0 aliphatic carbocycles. The smallest absolute Gasteiger partial charge is 0.261 e. The van der Waals surface area contributed by atoms with E-state index in [-0.39, 0.29) is 30.0 Å². The zero-order chi connectivity index (χ0) is 23.6. The highest BCUT2D eigenvalue weighted by Crippen LogP contribution is 2.33. The van der Waals surface area contributed by atoms with Gasteiger partial charge in [-0.15, -0.1) is 0 Å². The Morgan fingerprint density at radius 2 is 1.85 bits per heavy atom. The average Bonchev–Trinajstić information content (AvgIpc) is 2.95. The van der Waals surface area contributed by atoms with E-state index in [1.165, 1.54) is 12.1 Å². The third kappa shape index (κ3) is 4.85. The fourth-order valence-electron chi connectivity index (χ4n) is 3.95. The second-order valence-electron chi connectivity index (χ2n) is 7.98. The number of ether oxygens (including phenoxy) is 1. The molecule has 1 aliphatic rings. The maximum absolute atomic E-state index is 13.9. The number of carbonyl (C=O) groups is 1. The van der Waals surface area contributed by atoms with Gasteiger partial charge in [-0.3, -0.25) is 9.52 Å². The molecular weight excluding hydrogens is 443 g/mol. The van der Waals surface area contributed by atoms with Crippen molar-refractivity contribution < 1.29 is 22.3 Å². The lowest BCUT2D eigenvalue weighted by Gasteiger charge is -2.30. The maximum Gasteiger partial charge on any atom is 0.261 e. The van der Waals surface area contributed by atoms with E-state index in [0.717, 1.165) is 18.1 Å². The lowest BCUT2D eigenvalue weighted by Crippen LogP contribution is -2.35. The Bertz CT molecular complexity index is 1280. The fourth-order valence-corrected chi connectivity index (χ4v) is 5.01. The Kier molecular flexibility index (Phi) is 6.37. The monoisotopic (exact) mass is 468 g/mol. The van der Waals surface area contributed by atoms with Gasteiger partial charge in [-0.05, 0) is 54.8 Å². The first kappa shape index (κ1) is 22.8. The number of nitrogens with one attached hydrogen (secondary N) is 1. The van der Waals surface area contributed by atoms with Crippen LogP contribution in [0.25, 0.3) is 0 Å². The van der Waals surface area contributed by atoms with Crippen LogP contribution in [-0.4, -0.2) is 25.8 Å². The van der Waals surface area contributed by atoms with Crippen LogP contribution in [0.4, 0.5) is 10.1 Å². The van der Waals surface area contributed by atoms with E-state index in [2.05, 4.69) is 4.72 Å². The van der Waals surface area contributed by atoms with Crippen LogP contribution < -0.4 is 9.46 Å². The maximum atomic E-state index is 13.9. The first-order valence-corrected chi connectivity index (χ1v) is 12.2. The molecule has 33 heavy (non-hydrogen) atoms. The van der Waals surface area contributed by atoms with Crippen LogP contribution in [0.3, 0.4) is 0 Å². The molecule has 0 unspecified atom stereocenters. The molecule has 4 rings (SSSR count). The zero-order valence-electron chi connectivity index (χ0n) is 18.4. The van der Waals surface area contributed by atoms with Crippen LogP contribution in [-0.2, 0) is 21.4 Å². The van der Waals surface area contributed by atoms with Gasteiger partial charge < -0.3 is 9.64 Å². The molecule has 1 heterocycles. The number of hydrogen-bond donors (Lipinski definition) is 1. The van der Waals surface area contributed by atoms with Gasteiger partial charge in [0.15, 0.2) is 6.61 Å². The van der Waals surface area contributed by atoms with E-state index in [1.54, 1.807) is 30.0 Å². The van der Waals surface area contributed by atoms with Gasteiger partial charge in [-0.2, -0.15) is 0 Å². The minimum absolute atomic E-state index is 0.0932. The molecule has 172 valence electrons. The largest absolute Gasteiger partial charge is 0.483 e. The molecule has 3 aromatic rings. The highest BCUT2D eigenvalue weighted by molar-refractivity contribution is 7.92. The molecule has 1 amide bonds. The first-order chi connectivity index (χ1) is 15.8. The lowest BCUT2D eigenvalue weighted by atomic mass is 10.0. The van der Waals surface area contributed by atoms with Gasteiger partial charge in [0.1, 0.15) is 11.6 Å². The van der Waals surface area contributed by atoms with Gasteiger partial charge in [0.05, 0.1) is 17.5 Å². The van der Waals surface area contributed by atoms with Gasteiger partial charge in [0.2, 0.25) is 0 Å². The summed E-state index contributed by atoms with van der Waals surface area (Å²) in [5.41, 5.74) is 2.38. The topological polar surface area (TPSA) is 75.7 Å². The SMILES string of the molecule is CC[C@@H](c1ccccc1)N1Cc2cc(NS(=O)(=O)c3ccc(C)c(F)c3)ccc2OCC1=O. The highest BCUT2D eigenvalue weighted by Gasteiger charge is 2.28. The van der Waals surface area contributed by atoms with Crippen LogP contribution in [0, 0.1) is 12.7 Å². The first-order valence-electron chi connectivity index (χ1n) is 10.7. The van der Waals surface area contributed by atoms with Gasteiger partial charge >= 0.3 is 0 Å². The minimum Gasteiger partial charge on any atom is -0.483 e. The second kappa shape index (κ2) is 9.23. The lowest BCUT2D eigenvalue weighted by molar-refractivity contribution is -0.135. The number of fused-ring (bicyclic) bond motifs is 1. The van der Waals surface area contributed by atoms with Crippen LogP contribution in [0.2, 0.25) is 0 Å². The number of carbonyl (C=O) groups excluding carboxylic acids is 1. The molecule has 0 spiro atoms. The van der Waals surface area contributed by atoms with Crippen molar-refractivity contribution in [1.82, 2.24) is 4.90 Å². The summed E-state index contributed by atoms with van der Waals surface area (Å²) in [6, 6.07) is 18.3. The number of aryl methyl sites for hydroxylation is 1. The number of nitrogens with zero attached hydrogens (tertiary/aromatic N) is 1. The molecule has 6 nitrogen and oxygen atoms in total. The number of halogens is 1. The van der Waals surface area contributed by atoms with Gasteiger partial charge in [-0.25, -0.2) is 12.8 Å². The molecule has 0 saturated heterocycles. The predicted octanol–water partition coefficient (Wildman–Crippen LogP) is 4.81. The zero-order valence-corrected chi connectivity index (χ0v) is 19.2. The summed E-state index contributed by atoms with van der Waals surface area (Å²) in [5, 5.41) is 0. The van der Waals surface area contributed by atoms with Crippen molar-refractivity contribution in [2.75, 3.05) is 11.3 Å². The summed E-state index contributed by atoms with van der Waals surface area (Å²) >= 11 is 0. The summed E-state index contributed by atoms with van der Waals surface area (Å²) in [6.45, 7) is 3.76. The summed E-state index contributed by atoms with van der Waals surface area (Å²) in [5.74, 6) is -0.203. The van der Waals surface area contributed by atoms with Crippen LogP contribution in [0.5, 0.6) is 5.75 Å². The van der Waals surface area contributed by atoms with Crippen molar-refractivity contribution in [1.29, 1.82) is 0 Å². The quantitative estimate of drug-likeness (QED) is 0.564. The summed E-state index contributed by atoms with van der Waals surface area (Å²) in [6.07, 6.45) is 0.719. The van der Waals surface area contributed by atoms with Gasteiger partial charge in [-0.1, -0.05) is 43.3 Å². The molecule has 3 aromatic carbocycles. The Hall–Kier alpha value is -3.39. The molecule has 0 bridgehead atoms. The molecular formula is C25H25FN2O4S. The van der Waals surface area contributed by atoms with Crippen LogP contribution in [0.1, 0.15) is 36.1 Å². The Morgan fingerprint density at radius 3 is 2.55 bits per heavy atom. The molecule has 0 aromatic heterocycles. The number of sulfonamides is 1. The third-order valence-electron chi connectivity index (χ3n) is 5.73. The average molecular weight is 469 g/mol. The molecule has 0 saturated carbocycles. The van der Waals surface area contributed by atoms with E-state index in [9.17, 15) is 17.6 Å². The third-order valence-corrected chi connectivity index (χ3v) is 7.10. The summed E-state index contributed by atoms with van der Waals surface area (Å²) in [4.78, 5) is 14.5. The van der Waals surface area contributed by atoms with E-state index in [4.69, 9.17) is 4.74 Å². The van der Waals surface area contributed by atoms with E-state index < -0.39 is 15.8 Å². The molecule has 1 N–H and O–H groups in total. The normalized spacial score (nSPS) is 14.8. The molecule has 0 radical (unpaired) electrons. The van der Waals surface area contributed by atoms with Crippen molar-refractivity contribution in [3.63, 3.8) is 0 Å². The number of hydrogen-bond acceptors (Lipinski definition) is 4. The van der Waals surface area contributed by atoms with E-state index >= 15 is 0 Å². The van der Waals surface area contributed by atoms with Crippen molar-refractivity contribution in [3.8, 4) is 5.75 Å². The van der Waals surface area contributed by atoms with Crippen molar-refractivity contribution in [2.24, 2.45) is 0 Å². The summed E-state index contributed by atoms with van der Waals surface area (Å²) in [7, 11) is -3.99. The molecule has 0 fully saturated rings. The number of anilines is 1. The fraction of sp³-hybridized carbons (Fsp3) is 0.240. The highest BCUT2D eigenvalue weighted by atomic mass is 32.2. The van der Waals surface area contributed by atoms with E-state index in [1.807, 2.05) is 37.3 Å². The Balaban J connectivity index is 1.63. The standard InChI is InChI=1S/C25H25FN2O4S/c1-3-23(18-7-5-4-6-8-18)28-15-19-13-20(10-12-24(19)32-16-25(28)29)27-33(30,31)21-11-9-17(2)22(26)14-21/h4-14,23,27H,3,15-16H2,1-2H3/t23-/m0/s1. The van der Waals surface area contributed by atoms with Gasteiger partial charge in [0.25, 0.3) is 15.9 Å².